The van der Waals surface area contributed by atoms with Gasteiger partial charge >= 0.3 is 0 Å². The zero-order chi connectivity index (χ0) is 12.3. The predicted molar refractivity (Wildman–Crippen MR) is 68.8 cm³/mol. The van der Waals surface area contributed by atoms with Crippen LogP contribution in [-0.2, 0) is 6.54 Å². The van der Waals surface area contributed by atoms with Gasteiger partial charge in [-0.25, -0.2) is 9.97 Å². The second-order valence-electron chi connectivity index (χ2n) is 4.70. The summed E-state index contributed by atoms with van der Waals surface area (Å²) in [4.78, 5) is 11.0. The molecule has 1 aliphatic heterocycles. The molecule has 1 saturated heterocycles. The van der Waals surface area contributed by atoms with Crippen LogP contribution in [0.2, 0.25) is 5.15 Å². The van der Waals surface area contributed by atoms with Gasteiger partial charge in [-0.2, -0.15) is 0 Å². The zero-order valence-corrected chi connectivity index (χ0v) is 11.0. The van der Waals surface area contributed by atoms with Crippen LogP contribution in [0.15, 0.2) is 6.07 Å². The van der Waals surface area contributed by atoms with E-state index in [2.05, 4.69) is 14.9 Å². The highest BCUT2D eigenvalue weighted by atomic mass is 35.5. The molecule has 2 heterocycles. The first kappa shape index (κ1) is 12.7. The predicted octanol–water partition coefficient (Wildman–Crippen LogP) is 1.61. The van der Waals surface area contributed by atoms with E-state index in [1.807, 2.05) is 6.92 Å². The number of hydrogen-bond acceptors (Lipinski definition) is 4. The summed E-state index contributed by atoms with van der Waals surface area (Å²) in [5.74, 6) is 1.51. The minimum Gasteiger partial charge on any atom is -0.330 e. The number of nitrogens with two attached hydrogens (primary N) is 1. The van der Waals surface area contributed by atoms with E-state index in [-0.39, 0.29) is 0 Å². The van der Waals surface area contributed by atoms with Gasteiger partial charge in [-0.3, -0.25) is 4.90 Å². The summed E-state index contributed by atoms with van der Waals surface area (Å²) in [7, 11) is 0. The highest BCUT2D eigenvalue weighted by molar-refractivity contribution is 6.29. The molecule has 2 rings (SSSR count). The molecule has 0 aliphatic carbocycles. The van der Waals surface area contributed by atoms with Crippen molar-refractivity contribution in [3.05, 3.63) is 22.7 Å². The van der Waals surface area contributed by atoms with Crippen molar-refractivity contribution in [2.45, 2.75) is 26.3 Å². The van der Waals surface area contributed by atoms with Crippen molar-refractivity contribution in [1.82, 2.24) is 14.9 Å². The fourth-order valence-corrected chi connectivity index (χ4v) is 2.50. The van der Waals surface area contributed by atoms with Crippen LogP contribution in [0, 0.1) is 12.8 Å². The molecule has 1 aromatic rings. The van der Waals surface area contributed by atoms with Gasteiger partial charge in [0.05, 0.1) is 6.54 Å². The number of piperidine rings is 1. The summed E-state index contributed by atoms with van der Waals surface area (Å²) in [6, 6.07) is 1.78. The molecule has 0 spiro atoms. The molecule has 2 N–H and O–H groups in total. The molecule has 0 radical (unpaired) electrons. The smallest absolute Gasteiger partial charge is 0.144 e. The quantitative estimate of drug-likeness (QED) is 0.833. The van der Waals surface area contributed by atoms with Gasteiger partial charge in [-0.1, -0.05) is 11.6 Å². The van der Waals surface area contributed by atoms with Gasteiger partial charge in [0.2, 0.25) is 0 Å². The van der Waals surface area contributed by atoms with Crippen molar-refractivity contribution in [3.8, 4) is 0 Å². The van der Waals surface area contributed by atoms with E-state index in [9.17, 15) is 0 Å². The van der Waals surface area contributed by atoms with Crippen LogP contribution in [-0.4, -0.2) is 34.5 Å². The lowest BCUT2D eigenvalue weighted by Crippen LogP contribution is -2.36. The molecule has 0 aromatic carbocycles. The fourth-order valence-electron chi connectivity index (χ4n) is 2.24. The SMILES string of the molecule is Cc1cc(Cl)nc(CN2CCC(CN)CC2)n1. The molecule has 1 aliphatic rings. The summed E-state index contributed by atoms with van der Waals surface area (Å²) in [5.41, 5.74) is 6.61. The van der Waals surface area contributed by atoms with Gasteiger partial charge in [-0.05, 0) is 51.4 Å². The molecule has 0 atom stereocenters. The number of rotatable bonds is 3. The van der Waals surface area contributed by atoms with Crippen molar-refractivity contribution < 1.29 is 0 Å². The Morgan fingerprint density at radius 1 is 1.41 bits per heavy atom. The summed E-state index contributed by atoms with van der Waals surface area (Å²) in [6.45, 7) is 5.70. The standard InChI is InChI=1S/C12H19ClN4/c1-9-6-11(13)16-12(15-9)8-17-4-2-10(7-14)3-5-17/h6,10H,2-5,7-8,14H2,1H3. The van der Waals surface area contributed by atoms with E-state index in [1.165, 1.54) is 12.8 Å². The van der Waals surface area contributed by atoms with Crippen LogP contribution < -0.4 is 5.73 Å². The molecule has 0 amide bonds. The maximum absolute atomic E-state index is 5.93. The summed E-state index contributed by atoms with van der Waals surface area (Å²) in [5, 5.41) is 0.532. The second-order valence-corrected chi connectivity index (χ2v) is 5.09. The Balaban J connectivity index is 1.93. The lowest BCUT2D eigenvalue weighted by Gasteiger charge is -2.30. The first-order chi connectivity index (χ1) is 8.17. The molecule has 5 heteroatoms. The fraction of sp³-hybridized carbons (Fsp3) is 0.667. The van der Waals surface area contributed by atoms with Crippen molar-refractivity contribution in [2.24, 2.45) is 11.7 Å². The van der Waals surface area contributed by atoms with Crippen LogP contribution >= 0.6 is 11.6 Å². The highest BCUT2D eigenvalue weighted by Crippen LogP contribution is 2.17. The molecule has 4 nitrogen and oxygen atoms in total. The van der Waals surface area contributed by atoms with Gasteiger partial charge in [0, 0.05) is 5.69 Å². The van der Waals surface area contributed by atoms with E-state index >= 15 is 0 Å². The third-order valence-corrected chi connectivity index (χ3v) is 3.47. The van der Waals surface area contributed by atoms with E-state index < -0.39 is 0 Å². The van der Waals surface area contributed by atoms with Gasteiger partial charge in [0.25, 0.3) is 0 Å². The van der Waals surface area contributed by atoms with Crippen molar-refractivity contribution in [2.75, 3.05) is 19.6 Å². The molecule has 0 unspecified atom stereocenters. The molecule has 1 aromatic heterocycles. The zero-order valence-electron chi connectivity index (χ0n) is 10.2. The number of halogens is 1. The Kier molecular flexibility index (Phi) is 4.31. The molecular weight excluding hydrogens is 236 g/mol. The van der Waals surface area contributed by atoms with E-state index in [0.29, 0.717) is 11.1 Å². The van der Waals surface area contributed by atoms with Crippen molar-refractivity contribution >= 4 is 11.6 Å². The lowest BCUT2D eigenvalue weighted by atomic mass is 9.97. The Morgan fingerprint density at radius 3 is 2.71 bits per heavy atom. The number of hydrogen-bond donors (Lipinski definition) is 1. The Labute approximate surface area is 107 Å². The molecule has 1 fully saturated rings. The number of aryl methyl sites for hydroxylation is 1. The third-order valence-electron chi connectivity index (χ3n) is 3.27. The molecular formula is C12H19ClN4. The Morgan fingerprint density at radius 2 is 2.12 bits per heavy atom. The van der Waals surface area contributed by atoms with Crippen LogP contribution in [0.25, 0.3) is 0 Å². The van der Waals surface area contributed by atoms with Crippen LogP contribution in [0.1, 0.15) is 24.4 Å². The normalized spacial score (nSPS) is 18.5. The van der Waals surface area contributed by atoms with Gasteiger partial charge < -0.3 is 5.73 Å². The minimum atomic E-state index is 0.532. The second kappa shape index (κ2) is 5.76. The topological polar surface area (TPSA) is 55.0 Å². The van der Waals surface area contributed by atoms with Gasteiger partial charge in [-0.15, -0.1) is 0 Å². The Bertz CT molecular complexity index is 355. The van der Waals surface area contributed by atoms with Crippen molar-refractivity contribution in [1.29, 1.82) is 0 Å². The van der Waals surface area contributed by atoms with E-state index in [4.69, 9.17) is 17.3 Å². The first-order valence-electron chi connectivity index (χ1n) is 6.10. The monoisotopic (exact) mass is 254 g/mol. The number of nitrogens with zero attached hydrogens (tertiary/aromatic N) is 3. The minimum absolute atomic E-state index is 0.532. The van der Waals surface area contributed by atoms with Crippen LogP contribution in [0.3, 0.4) is 0 Å². The average Bonchev–Trinajstić information content (AvgIpc) is 2.28. The van der Waals surface area contributed by atoms with Gasteiger partial charge in [0.15, 0.2) is 0 Å². The maximum Gasteiger partial charge on any atom is 0.144 e. The number of aromatic nitrogens is 2. The molecule has 17 heavy (non-hydrogen) atoms. The largest absolute Gasteiger partial charge is 0.330 e. The molecule has 0 bridgehead atoms. The lowest BCUT2D eigenvalue weighted by molar-refractivity contribution is 0.176. The highest BCUT2D eigenvalue weighted by Gasteiger charge is 2.18. The van der Waals surface area contributed by atoms with Crippen molar-refractivity contribution in [3.63, 3.8) is 0 Å². The summed E-state index contributed by atoms with van der Waals surface area (Å²) in [6.07, 6.45) is 2.35. The molecule has 0 saturated carbocycles. The van der Waals surface area contributed by atoms with E-state index in [1.54, 1.807) is 6.07 Å². The first-order valence-corrected chi connectivity index (χ1v) is 6.47. The third kappa shape index (κ3) is 3.63. The van der Waals surface area contributed by atoms with Crippen LogP contribution in [0.5, 0.6) is 0 Å². The average molecular weight is 255 g/mol. The maximum atomic E-state index is 5.93. The molecule has 94 valence electrons. The summed E-state index contributed by atoms with van der Waals surface area (Å²) >= 11 is 5.93. The number of likely N-dealkylation sites (tertiary alicyclic amines) is 1. The Hall–Kier alpha value is -0.710. The van der Waals surface area contributed by atoms with Crippen LogP contribution in [0.4, 0.5) is 0 Å². The van der Waals surface area contributed by atoms with E-state index in [0.717, 1.165) is 37.7 Å². The van der Waals surface area contributed by atoms with Gasteiger partial charge in [0.1, 0.15) is 11.0 Å². The summed E-state index contributed by atoms with van der Waals surface area (Å²) < 4.78 is 0.